The van der Waals surface area contributed by atoms with Gasteiger partial charge in [-0.25, -0.2) is 4.79 Å². The minimum absolute atomic E-state index is 0.0953. The standard InChI is InChI=1S/C9H16O4/c1-9(2,3)4-7-12-5-6(13-7)8(10)11/h6-7H,4-5H2,1-3H3,(H,10,11). The molecule has 2 atom stereocenters. The van der Waals surface area contributed by atoms with Crippen LogP contribution < -0.4 is 0 Å². The van der Waals surface area contributed by atoms with Crippen LogP contribution in [-0.4, -0.2) is 30.1 Å². The number of carbonyl (C=O) groups is 1. The van der Waals surface area contributed by atoms with Gasteiger partial charge in [-0.2, -0.15) is 0 Å². The Morgan fingerprint density at radius 2 is 2.15 bits per heavy atom. The SMILES string of the molecule is CC(C)(C)CC1OCC(C(=O)O)O1. The minimum Gasteiger partial charge on any atom is -0.479 e. The lowest BCUT2D eigenvalue weighted by Crippen LogP contribution is -2.24. The Morgan fingerprint density at radius 3 is 2.54 bits per heavy atom. The van der Waals surface area contributed by atoms with Crippen LogP contribution in [0.2, 0.25) is 0 Å². The van der Waals surface area contributed by atoms with Gasteiger partial charge in [-0.05, 0) is 5.41 Å². The Morgan fingerprint density at radius 1 is 1.54 bits per heavy atom. The van der Waals surface area contributed by atoms with Crippen LogP contribution in [0.5, 0.6) is 0 Å². The first kappa shape index (κ1) is 10.5. The lowest BCUT2D eigenvalue weighted by atomic mass is 9.92. The molecular weight excluding hydrogens is 172 g/mol. The summed E-state index contributed by atoms with van der Waals surface area (Å²) in [6.07, 6.45) is -0.426. The van der Waals surface area contributed by atoms with Gasteiger partial charge in [0, 0.05) is 6.42 Å². The summed E-state index contributed by atoms with van der Waals surface area (Å²) in [4.78, 5) is 10.5. The third-order valence-electron chi connectivity index (χ3n) is 1.80. The lowest BCUT2D eigenvalue weighted by Gasteiger charge is -2.21. The molecule has 1 saturated heterocycles. The molecule has 0 aliphatic carbocycles. The summed E-state index contributed by atoms with van der Waals surface area (Å²) in [5.74, 6) is -0.948. The van der Waals surface area contributed by atoms with Crippen LogP contribution in [0.4, 0.5) is 0 Å². The second-order valence-electron chi connectivity index (χ2n) is 4.49. The van der Waals surface area contributed by atoms with Gasteiger partial charge < -0.3 is 14.6 Å². The van der Waals surface area contributed by atoms with Crippen LogP contribution in [0, 0.1) is 5.41 Å². The molecule has 1 heterocycles. The maximum Gasteiger partial charge on any atom is 0.335 e. The van der Waals surface area contributed by atoms with Crippen molar-refractivity contribution in [3.8, 4) is 0 Å². The molecule has 1 fully saturated rings. The summed E-state index contributed by atoms with van der Waals surface area (Å²) in [7, 11) is 0. The molecule has 1 rings (SSSR count). The van der Waals surface area contributed by atoms with E-state index in [1.807, 2.05) is 0 Å². The Balaban J connectivity index is 2.38. The molecule has 0 amide bonds. The van der Waals surface area contributed by atoms with Gasteiger partial charge in [-0.3, -0.25) is 0 Å². The summed E-state index contributed by atoms with van der Waals surface area (Å²) in [6, 6.07) is 0. The van der Waals surface area contributed by atoms with Crippen LogP contribution >= 0.6 is 0 Å². The second kappa shape index (κ2) is 3.64. The molecule has 0 aromatic heterocycles. The van der Waals surface area contributed by atoms with Gasteiger partial charge in [0.05, 0.1) is 6.61 Å². The summed E-state index contributed by atoms with van der Waals surface area (Å²) in [5.41, 5.74) is 0.0953. The normalized spacial score (nSPS) is 29.2. The molecule has 0 aromatic rings. The second-order valence-corrected chi connectivity index (χ2v) is 4.49. The Bertz CT molecular complexity index is 194. The van der Waals surface area contributed by atoms with Crippen molar-refractivity contribution in [2.75, 3.05) is 6.61 Å². The van der Waals surface area contributed by atoms with E-state index in [-0.39, 0.29) is 18.3 Å². The maximum absolute atomic E-state index is 10.5. The molecule has 4 heteroatoms. The van der Waals surface area contributed by atoms with E-state index in [0.717, 1.165) is 6.42 Å². The van der Waals surface area contributed by atoms with Gasteiger partial charge in [0.1, 0.15) is 0 Å². The zero-order valence-electron chi connectivity index (χ0n) is 8.24. The number of carboxylic acids is 1. The van der Waals surface area contributed by atoms with E-state index in [2.05, 4.69) is 20.8 Å². The molecule has 1 aliphatic rings. The van der Waals surface area contributed by atoms with Gasteiger partial charge in [0.15, 0.2) is 12.4 Å². The lowest BCUT2D eigenvalue weighted by molar-refractivity contribution is -0.151. The largest absolute Gasteiger partial charge is 0.479 e. The van der Waals surface area contributed by atoms with E-state index in [1.54, 1.807) is 0 Å². The zero-order chi connectivity index (χ0) is 10.1. The number of hydrogen-bond donors (Lipinski definition) is 1. The van der Waals surface area contributed by atoms with Crippen LogP contribution in [-0.2, 0) is 14.3 Å². The smallest absolute Gasteiger partial charge is 0.335 e. The van der Waals surface area contributed by atoms with Gasteiger partial charge in [-0.1, -0.05) is 20.8 Å². The molecule has 1 aliphatic heterocycles. The van der Waals surface area contributed by atoms with Crippen molar-refractivity contribution in [1.82, 2.24) is 0 Å². The molecular formula is C9H16O4. The number of hydrogen-bond acceptors (Lipinski definition) is 3. The van der Waals surface area contributed by atoms with Gasteiger partial charge in [0.25, 0.3) is 0 Å². The first-order chi connectivity index (χ1) is 5.88. The van der Waals surface area contributed by atoms with Crippen molar-refractivity contribution in [1.29, 1.82) is 0 Å². The van der Waals surface area contributed by atoms with Crippen molar-refractivity contribution in [2.24, 2.45) is 5.41 Å². The predicted octanol–water partition coefficient (Wildman–Crippen LogP) is 1.25. The maximum atomic E-state index is 10.5. The first-order valence-electron chi connectivity index (χ1n) is 4.38. The summed E-state index contributed by atoms with van der Waals surface area (Å²) in [5, 5.41) is 8.62. The molecule has 0 spiro atoms. The fourth-order valence-corrected chi connectivity index (χ4v) is 1.19. The van der Waals surface area contributed by atoms with Gasteiger partial charge in [0.2, 0.25) is 0 Å². The monoisotopic (exact) mass is 188 g/mol. The van der Waals surface area contributed by atoms with Gasteiger partial charge in [-0.15, -0.1) is 0 Å². The van der Waals surface area contributed by atoms with Crippen molar-refractivity contribution in [2.45, 2.75) is 39.6 Å². The van der Waals surface area contributed by atoms with E-state index in [0.29, 0.717) is 0 Å². The summed E-state index contributed by atoms with van der Waals surface area (Å²) >= 11 is 0. The molecule has 1 N–H and O–H groups in total. The van der Waals surface area contributed by atoms with Crippen molar-refractivity contribution in [3.05, 3.63) is 0 Å². The number of aliphatic carboxylic acids is 1. The highest BCUT2D eigenvalue weighted by Crippen LogP contribution is 2.26. The molecule has 0 aromatic carbocycles. The molecule has 13 heavy (non-hydrogen) atoms. The van der Waals surface area contributed by atoms with Crippen molar-refractivity contribution >= 4 is 5.97 Å². The molecule has 0 bridgehead atoms. The van der Waals surface area contributed by atoms with E-state index in [1.165, 1.54) is 0 Å². The third-order valence-corrected chi connectivity index (χ3v) is 1.80. The molecule has 0 saturated carbocycles. The average Bonchev–Trinajstić information content (AvgIpc) is 2.31. The Hall–Kier alpha value is -0.610. The van der Waals surface area contributed by atoms with Crippen LogP contribution in [0.25, 0.3) is 0 Å². The first-order valence-corrected chi connectivity index (χ1v) is 4.38. The average molecular weight is 188 g/mol. The van der Waals surface area contributed by atoms with E-state index in [4.69, 9.17) is 14.6 Å². The number of rotatable bonds is 2. The van der Waals surface area contributed by atoms with E-state index < -0.39 is 12.1 Å². The van der Waals surface area contributed by atoms with E-state index in [9.17, 15) is 4.79 Å². The van der Waals surface area contributed by atoms with Gasteiger partial charge >= 0.3 is 5.97 Å². The molecule has 4 nitrogen and oxygen atoms in total. The summed E-state index contributed by atoms with van der Waals surface area (Å²) < 4.78 is 10.4. The quantitative estimate of drug-likeness (QED) is 0.708. The number of carboxylic acid groups (broad SMARTS) is 1. The third kappa shape index (κ3) is 3.32. The summed E-state index contributed by atoms with van der Waals surface area (Å²) in [6.45, 7) is 6.35. The van der Waals surface area contributed by atoms with Crippen LogP contribution in [0.1, 0.15) is 27.2 Å². The molecule has 0 radical (unpaired) electrons. The van der Waals surface area contributed by atoms with Crippen molar-refractivity contribution in [3.63, 3.8) is 0 Å². The Kier molecular flexibility index (Phi) is 2.93. The van der Waals surface area contributed by atoms with Crippen LogP contribution in [0.15, 0.2) is 0 Å². The van der Waals surface area contributed by atoms with E-state index >= 15 is 0 Å². The fraction of sp³-hybridized carbons (Fsp3) is 0.889. The highest BCUT2D eigenvalue weighted by Gasteiger charge is 2.33. The predicted molar refractivity (Wildman–Crippen MR) is 46.3 cm³/mol. The highest BCUT2D eigenvalue weighted by molar-refractivity contribution is 5.72. The van der Waals surface area contributed by atoms with Crippen molar-refractivity contribution < 1.29 is 19.4 Å². The molecule has 76 valence electrons. The number of ether oxygens (including phenoxy) is 2. The molecule has 2 unspecified atom stereocenters. The highest BCUT2D eigenvalue weighted by atomic mass is 16.7. The fourth-order valence-electron chi connectivity index (χ4n) is 1.19. The minimum atomic E-state index is -0.948. The Labute approximate surface area is 77.8 Å². The zero-order valence-corrected chi connectivity index (χ0v) is 8.24. The van der Waals surface area contributed by atoms with Crippen LogP contribution in [0.3, 0.4) is 0 Å². The topological polar surface area (TPSA) is 55.8 Å².